The highest BCUT2D eigenvalue weighted by atomic mass is 16.6. The third-order valence-electron chi connectivity index (χ3n) is 3.31. The first-order valence-electron chi connectivity index (χ1n) is 7.15. The summed E-state index contributed by atoms with van der Waals surface area (Å²) in [5, 5.41) is 25.4. The number of non-ortho nitro benzene ring substituents is 2. The van der Waals surface area contributed by atoms with Gasteiger partial charge in [0.05, 0.1) is 21.5 Å². The van der Waals surface area contributed by atoms with E-state index in [2.05, 4.69) is 10.0 Å². The van der Waals surface area contributed by atoms with Crippen LogP contribution in [0.15, 0.2) is 53.6 Å². The Labute approximate surface area is 145 Å². The van der Waals surface area contributed by atoms with Gasteiger partial charge in [-0.15, -0.1) is 0 Å². The van der Waals surface area contributed by atoms with Crippen LogP contribution in [-0.2, 0) is 4.74 Å². The fraction of sp³-hybridized carbons (Fsp3) is 0.133. The Morgan fingerprint density at radius 1 is 1.12 bits per heavy atom. The SMILES string of the molecule is N=[N+]=NC(COC(=O)c1cc([N+](=O)[O-])cc([N+](=O)[O-])c1)c1ccccc1. The van der Waals surface area contributed by atoms with Crippen LogP contribution in [0.4, 0.5) is 11.4 Å². The highest BCUT2D eigenvalue weighted by molar-refractivity contribution is 5.91. The number of esters is 1. The molecule has 0 amide bonds. The van der Waals surface area contributed by atoms with Gasteiger partial charge < -0.3 is 4.74 Å². The van der Waals surface area contributed by atoms with Crippen molar-refractivity contribution in [2.75, 3.05) is 6.61 Å². The summed E-state index contributed by atoms with van der Waals surface area (Å²) in [7, 11) is 0. The number of benzene rings is 2. The lowest BCUT2D eigenvalue weighted by Gasteiger charge is -2.08. The molecule has 0 bridgehead atoms. The van der Waals surface area contributed by atoms with Crippen molar-refractivity contribution in [3.8, 4) is 0 Å². The molecule has 0 saturated carbocycles. The Bertz CT molecular complexity index is 862. The summed E-state index contributed by atoms with van der Waals surface area (Å²) in [6.07, 6.45) is 0. The van der Waals surface area contributed by atoms with Crippen molar-refractivity contribution in [1.29, 1.82) is 5.53 Å². The van der Waals surface area contributed by atoms with E-state index in [-0.39, 0.29) is 12.2 Å². The first-order chi connectivity index (χ1) is 12.4. The van der Waals surface area contributed by atoms with E-state index in [1.165, 1.54) is 0 Å². The van der Waals surface area contributed by atoms with E-state index in [4.69, 9.17) is 10.3 Å². The summed E-state index contributed by atoms with van der Waals surface area (Å²) in [5.41, 5.74) is 5.96. The van der Waals surface area contributed by atoms with E-state index < -0.39 is 33.2 Å². The molecule has 1 unspecified atom stereocenters. The second kappa shape index (κ2) is 8.22. The molecule has 132 valence electrons. The maximum atomic E-state index is 12.1. The second-order valence-corrected chi connectivity index (χ2v) is 4.99. The van der Waals surface area contributed by atoms with E-state index in [1.807, 2.05) is 0 Å². The molecule has 0 radical (unpaired) electrons. The highest BCUT2D eigenvalue weighted by Crippen LogP contribution is 2.24. The third-order valence-corrected chi connectivity index (χ3v) is 3.31. The standard InChI is InChI=1S/C15H12N5O6/c16-18-17-14(10-4-2-1-3-5-10)9-26-15(21)11-6-12(19(22)23)8-13(7-11)20(24)25/h1-8,14,16H,9H2/q+1. The Morgan fingerprint density at radius 2 is 1.69 bits per heavy atom. The van der Waals surface area contributed by atoms with Gasteiger partial charge in [0.2, 0.25) is 4.91 Å². The molecule has 1 N–H and O–H groups in total. The van der Waals surface area contributed by atoms with Crippen LogP contribution in [0.25, 0.3) is 0 Å². The predicted octanol–water partition coefficient (Wildman–Crippen LogP) is 2.95. The first kappa shape index (κ1) is 18.4. The number of hydrogen-bond acceptors (Lipinski definition) is 8. The third kappa shape index (κ3) is 4.52. The Morgan fingerprint density at radius 3 is 2.19 bits per heavy atom. The number of ether oxygens (including phenoxy) is 1. The average Bonchev–Trinajstić information content (AvgIpc) is 2.65. The lowest BCUT2D eigenvalue weighted by Crippen LogP contribution is -2.12. The predicted molar refractivity (Wildman–Crippen MR) is 86.5 cm³/mol. The molecular formula is C15H12N5O6+. The molecule has 0 heterocycles. The van der Waals surface area contributed by atoms with Crippen molar-refractivity contribution >= 4 is 17.3 Å². The smallest absolute Gasteiger partial charge is 0.338 e. The number of rotatable bonds is 7. The minimum absolute atomic E-state index is 0.290. The summed E-state index contributed by atoms with van der Waals surface area (Å²) >= 11 is 0. The van der Waals surface area contributed by atoms with Gasteiger partial charge in [0.1, 0.15) is 17.3 Å². The van der Waals surface area contributed by atoms with Crippen molar-refractivity contribution in [2.24, 2.45) is 5.11 Å². The normalized spacial score (nSPS) is 11.1. The lowest BCUT2D eigenvalue weighted by molar-refractivity contribution is -0.394. The maximum absolute atomic E-state index is 12.1. The van der Waals surface area contributed by atoms with Crippen LogP contribution < -0.4 is 4.91 Å². The molecule has 11 nitrogen and oxygen atoms in total. The molecule has 0 fully saturated rings. The number of carbonyl (C=O) groups excluding carboxylic acids is 1. The summed E-state index contributed by atoms with van der Waals surface area (Å²) in [6, 6.07) is 10.4. The van der Waals surface area contributed by atoms with Crippen LogP contribution in [0.5, 0.6) is 0 Å². The molecule has 1 atom stereocenters. The number of nitro benzene ring substituents is 2. The minimum Gasteiger partial charge on any atom is -0.459 e. The summed E-state index contributed by atoms with van der Waals surface area (Å²) < 4.78 is 5.05. The molecule has 0 spiro atoms. The lowest BCUT2D eigenvalue weighted by atomic mass is 10.1. The van der Waals surface area contributed by atoms with Crippen LogP contribution in [0, 0.1) is 25.8 Å². The van der Waals surface area contributed by atoms with E-state index in [0.717, 1.165) is 18.2 Å². The van der Waals surface area contributed by atoms with Crippen molar-refractivity contribution in [2.45, 2.75) is 6.04 Å². The van der Waals surface area contributed by atoms with Crippen molar-refractivity contribution < 1.29 is 19.4 Å². The topological polar surface area (TPSA) is 163 Å². The van der Waals surface area contributed by atoms with Crippen molar-refractivity contribution in [1.82, 2.24) is 4.91 Å². The highest BCUT2D eigenvalue weighted by Gasteiger charge is 2.23. The quantitative estimate of drug-likeness (QED) is 0.263. The Hall–Kier alpha value is -3.98. The van der Waals surface area contributed by atoms with Gasteiger partial charge in [-0.05, 0) is 5.56 Å². The summed E-state index contributed by atoms with van der Waals surface area (Å²) in [5.74, 6) is -0.988. The molecule has 0 aliphatic carbocycles. The second-order valence-electron chi connectivity index (χ2n) is 4.99. The molecule has 0 saturated heterocycles. The van der Waals surface area contributed by atoms with Gasteiger partial charge in [0, 0.05) is 12.1 Å². The fourth-order valence-electron chi connectivity index (χ4n) is 2.10. The number of nitro groups is 2. The van der Waals surface area contributed by atoms with Crippen LogP contribution >= 0.6 is 0 Å². The fourth-order valence-corrected chi connectivity index (χ4v) is 2.10. The molecule has 0 aliphatic heterocycles. The van der Waals surface area contributed by atoms with E-state index in [0.29, 0.717) is 5.56 Å². The van der Waals surface area contributed by atoms with Crippen molar-refractivity contribution in [3.05, 3.63) is 79.9 Å². The van der Waals surface area contributed by atoms with Gasteiger partial charge >= 0.3 is 5.97 Å². The number of nitrogens with one attached hydrogen (secondary N) is 1. The molecule has 26 heavy (non-hydrogen) atoms. The maximum Gasteiger partial charge on any atom is 0.338 e. The molecule has 0 aromatic heterocycles. The largest absolute Gasteiger partial charge is 0.459 e. The molecule has 0 aliphatic rings. The minimum atomic E-state index is -0.988. The monoisotopic (exact) mass is 358 g/mol. The van der Waals surface area contributed by atoms with Gasteiger partial charge in [-0.25, -0.2) is 4.79 Å². The molecule has 2 rings (SSSR count). The van der Waals surface area contributed by atoms with E-state index >= 15 is 0 Å². The molecule has 2 aromatic carbocycles. The van der Waals surface area contributed by atoms with Gasteiger partial charge in [-0.3, -0.25) is 20.2 Å². The summed E-state index contributed by atoms with van der Waals surface area (Å²) in [6.45, 7) is -0.290. The van der Waals surface area contributed by atoms with Crippen LogP contribution in [0.1, 0.15) is 22.0 Å². The van der Waals surface area contributed by atoms with E-state index in [9.17, 15) is 25.0 Å². The van der Waals surface area contributed by atoms with Crippen molar-refractivity contribution in [3.63, 3.8) is 0 Å². The van der Waals surface area contributed by atoms with Gasteiger partial charge in [0.15, 0.2) is 6.04 Å². The van der Waals surface area contributed by atoms with Crippen LogP contribution in [0.3, 0.4) is 0 Å². The summed E-state index contributed by atoms with van der Waals surface area (Å²) in [4.78, 5) is 35.1. The van der Waals surface area contributed by atoms with Gasteiger partial charge in [0.25, 0.3) is 11.4 Å². The zero-order valence-corrected chi connectivity index (χ0v) is 13.1. The molecule has 11 heteroatoms. The molecular weight excluding hydrogens is 346 g/mol. The van der Waals surface area contributed by atoms with Gasteiger partial charge in [-0.1, -0.05) is 30.3 Å². The van der Waals surface area contributed by atoms with E-state index in [1.54, 1.807) is 30.3 Å². The zero-order valence-electron chi connectivity index (χ0n) is 13.1. The first-order valence-corrected chi connectivity index (χ1v) is 7.15. The Balaban J connectivity index is 2.22. The van der Waals surface area contributed by atoms with Crippen LogP contribution in [0.2, 0.25) is 0 Å². The number of nitrogens with zero attached hydrogens (tertiary/aromatic N) is 4. The number of carbonyl (C=O) groups is 1. The van der Waals surface area contributed by atoms with Crippen LogP contribution in [-0.4, -0.2) is 22.4 Å². The number of hydrogen-bond donors (Lipinski definition) is 1. The average molecular weight is 358 g/mol. The Kier molecular flexibility index (Phi) is 5.80. The zero-order chi connectivity index (χ0) is 19.1. The van der Waals surface area contributed by atoms with Gasteiger partial charge in [-0.2, -0.15) is 0 Å². The molecule has 2 aromatic rings.